The molecule has 2 amide bonds. The van der Waals surface area contributed by atoms with Crippen LogP contribution in [0, 0.1) is 0 Å². The molecule has 5 nitrogen and oxygen atoms in total. The lowest BCUT2D eigenvalue weighted by atomic mass is 10.2. The summed E-state index contributed by atoms with van der Waals surface area (Å²) < 4.78 is 0. The van der Waals surface area contributed by atoms with Crippen molar-refractivity contribution in [1.29, 1.82) is 0 Å². The molecule has 0 aromatic heterocycles. The van der Waals surface area contributed by atoms with Gasteiger partial charge in [-0.05, 0) is 31.9 Å². The van der Waals surface area contributed by atoms with E-state index in [2.05, 4.69) is 17.1 Å². The normalized spacial score (nSPS) is 18.9. The van der Waals surface area contributed by atoms with Crippen molar-refractivity contribution < 1.29 is 9.59 Å². The maximum absolute atomic E-state index is 12.3. The standard InChI is InChI=1S/C17H25N3O2/c1-13(19(3)15-8-5-4-6-9-15)12-18-17(22)16-10-7-11-20(16)14(2)21/h4-6,8-9,13,16H,7,10-12H2,1-3H3,(H,18,22)/t13-,16-/m0/s1. The van der Waals surface area contributed by atoms with Crippen molar-refractivity contribution in [2.75, 3.05) is 25.0 Å². The summed E-state index contributed by atoms with van der Waals surface area (Å²) in [5.41, 5.74) is 1.12. The van der Waals surface area contributed by atoms with Crippen LogP contribution in [-0.4, -0.2) is 48.9 Å². The molecule has 1 fully saturated rings. The lowest BCUT2D eigenvalue weighted by Crippen LogP contribution is -2.48. The third-order valence-electron chi connectivity index (χ3n) is 4.36. The first-order valence-electron chi connectivity index (χ1n) is 7.83. The second-order valence-corrected chi connectivity index (χ2v) is 5.91. The highest BCUT2D eigenvalue weighted by Crippen LogP contribution is 2.18. The summed E-state index contributed by atoms with van der Waals surface area (Å²) in [6, 6.07) is 9.96. The molecule has 0 saturated carbocycles. The van der Waals surface area contributed by atoms with Crippen molar-refractivity contribution in [2.45, 2.75) is 38.8 Å². The topological polar surface area (TPSA) is 52.7 Å². The minimum absolute atomic E-state index is 0.0212. The summed E-state index contributed by atoms with van der Waals surface area (Å²) in [5.74, 6) is -0.0619. The summed E-state index contributed by atoms with van der Waals surface area (Å²) in [6.45, 7) is 4.85. The van der Waals surface area contributed by atoms with E-state index in [-0.39, 0.29) is 23.9 Å². The van der Waals surface area contributed by atoms with Crippen LogP contribution in [0.1, 0.15) is 26.7 Å². The fraction of sp³-hybridized carbons (Fsp3) is 0.529. The van der Waals surface area contributed by atoms with Gasteiger partial charge in [-0.25, -0.2) is 0 Å². The van der Waals surface area contributed by atoms with Gasteiger partial charge in [-0.3, -0.25) is 9.59 Å². The fourth-order valence-corrected chi connectivity index (χ4v) is 2.84. The van der Waals surface area contributed by atoms with Crippen LogP contribution in [0.3, 0.4) is 0 Å². The number of carbonyl (C=O) groups excluding carboxylic acids is 2. The molecule has 1 N–H and O–H groups in total. The number of likely N-dealkylation sites (tertiary alicyclic amines) is 1. The number of nitrogens with one attached hydrogen (secondary N) is 1. The number of anilines is 1. The lowest BCUT2D eigenvalue weighted by molar-refractivity contribution is -0.136. The molecule has 2 rings (SSSR count). The zero-order valence-corrected chi connectivity index (χ0v) is 13.6. The van der Waals surface area contributed by atoms with Gasteiger partial charge in [0.25, 0.3) is 0 Å². The average Bonchev–Trinajstić information content (AvgIpc) is 3.02. The van der Waals surface area contributed by atoms with E-state index < -0.39 is 0 Å². The van der Waals surface area contributed by atoms with Crippen LogP contribution >= 0.6 is 0 Å². The monoisotopic (exact) mass is 303 g/mol. The molecular weight excluding hydrogens is 278 g/mol. The molecule has 22 heavy (non-hydrogen) atoms. The second kappa shape index (κ2) is 7.29. The smallest absolute Gasteiger partial charge is 0.242 e. The highest BCUT2D eigenvalue weighted by molar-refractivity contribution is 5.87. The molecule has 1 aliphatic rings. The number of hydrogen-bond acceptors (Lipinski definition) is 3. The highest BCUT2D eigenvalue weighted by atomic mass is 16.2. The molecule has 0 unspecified atom stereocenters. The van der Waals surface area contributed by atoms with Gasteiger partial charge in [-0.1, -0.05) is 18.2 Å². The van der Waals surface area contributed by atoms with Crippen LogP contribution < -0.4 is 10.2 Å². The van der Waals surface area contributed by atoms with Crippen LogP contribution in [0.5, 0.6) is 0 Å². The Morgan fingerprint density at radius 3 is 2.68 bits per heavy atom. The first-order valence-corrected chi connectivity index (χ1v) is 7.83. The lowest BCUT2D eigenvalue weighted by Gasteiger charge is -2.28. The molecule has 1 aromatic carbocycles. The second-order valence-electron chi connectivity index (χ2n) is 5.91. The molecule has 120 valence electrons. The SMILES string of the molecule is CC(=O)N1CCC[C@H]1C(=O)NC[C@H](C)N(C)c1ccccc1. The minimum Gasteiger partial charge on any atom is -0.370 e. The highest BCUT2D eigenvalue weighted by Gasteiger charge is 2.32. The van der Waals surface area contributed by atoms with E-state index >= 15 is 0 Å². The predicted molar refractivity (Wildman–Crippen MR) is 87.7 cm³/mol. The van der Waals surface area contributed by atoms with Crippen molar-refractivity contribution in [2.24, 2.45) is 0 Å². The van der Waals surface area contributed by atoms with Crippen molar-refractivity contribution in [3.8, 4) is 0 Å². The number of hydrogen-bond donors (Lipinski definition) is 1. The van der Waals surface area contributed by atoms with E-state index in [0.717, 1.165) is 18.5 Å². The van der Waals surface area contributed by atoms with E-state index in [1.54, 1.807) is 4.90 Å². The van der Waals surface area contributed by atoms with E-state index in [4.69, 9.17) is 0 Å². The summed E-state index contributed by atoms with van der Waals surface area (Å²) in [7, 11) is 2.02. The van der Waals surface area contributed by atoms with Gasteiger partial charge in [0, 0.05) is 38.8 Å². The van der Waals surface area contributed by atoms with Crippen molar-refractivity contribution >= 4 is 17.5 Å². The summed E-state index contributed by atoms with van der Waals surface area (Å²) >= 11 is 0. The Balaban J connectivity index is 1.87. The first-order chi connectivity index (χ1) is 10.5. The Bertz CT molecular complexity index is 518. The van der Waals surface area contributed by atoms with Gasteiger partial charge in [0.15, 0.2) is 0 Å². The minimum atomic E-state index is -0.299. The number of rotatable bonds is 5. The Hall–Kier alpha value is -2.04. The molecule has 0 radical (unpaired) electrons. The molecule has 1 heterocycles. The van der Waals surface area contributed by atoms with Gasteiger partial charge in [-0.15, -0.1) is 0 Å². The maximum Gasteiger partial charge on any atom is 0.242 e. The van der Waals surface area contributed by atoms with Crippen LogP contribution in [0.25, 0.3) is 0 Å². The van der Waals surface area contributed by atoms with E-state index in [1.807, 2.05) is 37.4 Å². The molecule has 5 heteroatoms. The molecule has 2 atom stereocenters. The Kier molecular flexibility index (Phi) is 5.41. The number of benzene rings is 1. The van der Waals surface area contributed by atoms with E-state index in [1.165, 1.54) is 6.92 Å². The first kappa shape index (κ1) is 16.3. The quantitative estimate of drug-likeness (QED) is 0.899. The number of amides is 2. The number of carbonyl (C=O) groups is 2. The Morgan fingerprint density at radius 1 is 1.36 bits per heavy atom. The average molecular weight is 303 g/mol. The van der Waals surface area contributed by atoms with Crippen LogP contribution in [0.15, 0.2) is 30.3 Å². The Morgan fingerprint density at radius 2 is 2.05 bits per heavy atom. The van der Waals surface area contributed by atoms with Gasteiger partial charge >= 0.3 is 0 Å². The van der Waals surface area contributed by atoms with E-state index in [0.29, 0.717) is 13.1 Å². The summed E-state index contributed by atoms with van der Waals surface area (Å²) in [4.78, 5) is 27.6. The number of likely N-dealkylation sites (N-methyl/N-ethyl adjacent to an activating group) is 1. The molecule has 0 spiro atoms. The van der Waals surface area contributed by atoms with Gasteiger partial charge in [0.1, 0.15) is 6.04 Å². The molecule has 1 saturated heterocycles. The molecule has 0 bridgehead atoms. The fourth-order valence-electron chi connectivity index (χ4n) is 2.84. The summed E-state index contributed by atoms with van der Waals surface area (Å²) in [5, 5.41) is 2.99. The zero-order chi connectivity index (χ0) is 16.1. The van der Waals surface area contributed by atoms with Gasteiger partial charge < -0.3 is 15.1 Å². The van der Waals surface area contributed by atoms with Gasteiger partial charge in [0.2, 0.25) is 11.8 Å². The molecule has 1 aromatic rings. The number of para-hydroxylation sites is 1. The molecule has 0 aliphatic carbocycles. The van der Waals surface area contributed by atoms with Gasteiger partial charge in [0.05, 0.1) is 0 Å². The zero-order valence-electron chi connectivity index (χ0n) is 13.6. The van der Waals surface area contributed by atoms with E-state index in [9.17, 15) is 9.59 Å². The van der Waals surface area contributed by atoms with Crippen molar-refractivity contribution in [1.82, 2.24) is 10.2 Å². The molecule has 1 aliphatic heterocycles. The van der Waals surface area contributed by atoms with Crippen molar-refractivity contribution in [3.63, 3.8) is 0 Å². The predicted octanol–water partition coefficient (Wildman–Crippen LogP) is 1.64. The van der Waals surface area contributed by atoms with Crippen molar-refractivity contribution in [3.05, 3.63) is 30.3 Å². The van der Waals surface area contributed by atoms with Crippen LogP contribution in [0.4, 0.5) is 5.69 Å². The maximum atomic E-state index is 12.3. The number of nitrogens with zero attached hydrogens (tertiary/aromatic N) is 2. The Labute approximate surface area is 132 Å². The summed E-state index contributed by atoms with van der Waals surface area (Å²) in [6.07, 6.45) is 1.66. The van der Waals surface area contributed by atoms with Crippen LogP contribution in [-0.2, 0) is 9.59 Å². The molecular formula is C17H25N3O2. The van der Waals surface area contributed by atoms with Crippen LogP contribution in [0.2, 0.25) is 0 Å². The third-order valence-corrected chi connectivity index (χ3v) is 4.36. The third kappa shape index (κ3) is 3.78. The van der Waals surface area contributed by atoms with Gasteiger partial charge in [-0.2, -0.15) is 0 Å². The largest absolute Gasteiger partial charge is 0.370 e.